The SMILES string of the molecule is C=CCn1c(=O)oc2ccc(C(=O)NCCCN3CCCCC3)cc21. The molecule has 0 aliphatic carbocycles. The Labute approximate surface area is 147 Å². The molecule has 1 aliphatic rings. The summed E-state index contributed by atoms with van der Waals surface area (Å²) in [6.45, 7) is 8.02. The first-order chi connectivity index (χ1) is 12.2. The topological polar surface area (TPSA) is 67.5 Å². The van der Waals surface area contributed by atoms with Crippen LogP contribution in [0.25, 0.3) is 11.1 Å². The van der Waals surface area contributed by atoms with Gasteiger partial charge in [0.1, 0.15) is 0 Å². The Kier molecular flexibility index (Phi) is 5.71. The Bertz CT molecular complexity index is 800. The molecule has 2 aromatic rings. The van der Waals surface area contributed by atoms with E-state index in [1.165, 1.54) is 36.9 Å². The maximum Gasteiger partial charge on any atom is 0.420 e. The first kappa shape index (κ1) is 17.5. The summed E-state index contributed by atoms with van der Waals surface area (Å²) >= 11 is 0. The molecule has 1 aromatic heterocycles. The number of carbonyl (C=O) groups is 1. The van der Waals surface area contributed by atoms with Crippen molar-refractivity contribution in [3.05, 3.63) is 47.0 Å². The number of rotatable bonds is 7. The lowest BCUT2D eigenvalue weighted by atomic mass is 10.1. The van der Waals surface area contributed by atoms with Gasteiger partial charge in [-0.05, 0) is 57.1 Å². The van der Waals surface area contributed by atoms with E-state index in [1.54, 1.807) is 24.3 Å². The number of piperidine rings is 1. The highest BCUT2D eigenvalue weighted by atomic mass is 16.4. The number of likely N-dealkylation sites (tertiary alicyclic amines) is 1. The van der Waals surface area contributed by atoms with Gasteiger partial charge in [0.25, 0.3) is 5.91 Å². The fraction of sp³-hybridized carbons (Fsp3) is 0.474. The van der Waals surface area contributed by atoms with Gasteiger partial charge in [-0.1, -0.05) is 12.5 Å². The number of oxazole rings is 1. The van der Waals surface area contributed by atoms with Crippen molar-refractivity contribution in [2.24, 2.45) is 0 Å². The predicted octanol–water partition coefficient (Wildman–Crippen LogP) is 2.39. The van der Waals surface area contributed by atoms with Crippen LogP contribution in [0.4, 0.5) is 0 Å². The molecular formula is C19H25N3O3. The van der Waals surface area contributed by atoms with Crippen molar-refractivity contribution in [1.29, 1.82) is 0 Å². The van der Waals surface area contributed by atoms with E-state index >= 15 is 0 Å². The van der Waals surface area contributed by atoms with Crippen molar-refractivity contribution in [2.45, 2.75) is 32.2 Å². The lowest BCUT2D eigenvalue weighted by molar-refractivity contribution is 0.0951. The minimum absolute atomic E-state index is 0.126. The van der Waals surface area contributed by atoms with E-state index in [4.69, 9.17) is 4.42 Å². The lowest BCUT2D eigenvalue weighted by Crippen LogP contribution is -2.33. The van der Waals surface area contributed by atoms with Gasteiger partial charge in [0.15, 0.2) is 5.58 Å². The number of benzene rings is 1. The molecule has 0 atom stereocenters. The number of carbonyl (C=O) groups excluding carboxylic acids is 1. The van der Waals surface area contributed by atoms with Gasteiger partial charge < -0.3 is 14.6 Å². The first-order valence-corrected chi connectivity index (χ1v) is 8.94. The summed E-state index contributed by atoms with van der Waals surface area (Å²) in [4.78, 5) is 26.6. The number of allylic oxidation sites excluding steroid dienone is 1. The van der Waals surface area contributed by atoms with Crippen LogP contribution in [0.5, 0.6) is 0 Å². The number of amides is 1. The van der Waals surface area contributed by atoms with E-state index in [0.717, 1.165) is 13.0 Å². The molecule has 1 saturated heterocycles. The molecule has 6 nitrogen and oxygen atoms in total. The monoisotopic (exact) mass is 343 g/mol. The normalized spacial score (nSPS) is 15.4. The van der Waals surface area contributed by atoms with Gasteiger partial charge in [0.05, 0.1) is 5.52 Å². The third-order valence-corrected chi connectivity index (χ3v) is 4.63. The van der Waals surface area contributed by atoms with Gasteiger partial charge in [0, 0.05) is 18.7 Å². The van der Waals surface area contributed by atoms with E-state index in [0.29, 0.717) is 29.8 Å². The Hall–Kier alpha value is -2.34. The van der Waals surface area contributed by atoms with Crippen molar-refractivity contribution in [3.63, 3.8) is 0 Å². The number of hydrogen-bond donors (Lipinski definition) is 1. The number of fused-ring (bicyclic) bond motifs is 1. The van der Waals surface area contributed by atoms with Gasteiger partial charge in [-0.15, -0.1) is 6.58 Å². The summed E-state index contributed by atoms with van der Waals surface area (Å²) in [5, 5.41) is 2.96. The highest BCUT2D eigenvalue weighted by molar-refractivity contribution is 5.97. The molecule has 0 spiro atoms. The molecule has 1 fully saturated rings. The molecule has 134 valence electrons. The standard InChI is InChI=1S/C19H25N3O3/c1-2-10-22-16-14-15(7-8-17(16)25-19(22)24)18(23)20-9-6-13-21-11-4-3-5-12-21/h2,7-8,14H,1,3-6,9-13H2,(H,20,23). The maximum atomic E-state index is 12.4. The van der Waals surface area contributed by atoms with Crippen molar-refractivity contribution in [3.8, 4) is 0 Å². The van der Waals surface area contributed by atoms with Crippen LogP contribution in [0.3, 0.4) is 0 Å². The molecule has 1 aliphatic heterocycles. The van der Waals surface area contributed by atoms with E-state index in [2.05, 4.69) is 16.8 Å². The van der Waals surface area contributed by atoms with E-state index in [-0.39, 0.29) is 5.91 Å². The molecule has 2 heterocycles. The second-order valence-corrected chi connectivity index (χ2v) is 6.46. The molecule has 1 amide bonds. The third kappa shape index (κ3) is 4.20. The fourth-order valence-electron chi connectivity index (χ4n) is 3.29. The van der Waals surface area contributed by atoms with Crippen molar-refractivity contribution in [2.75, 3.05) is 26.2 Å². The van der Waals surface area contributed by atoms with Crippen LogP contribution in [0.2, 0.25) is 0 Å². The molecule has 0 saturated carbocycles. The van der Waals surface area contributed by atoms with Crippen LogP contribution < -0.4 is 11.1 Å². The highest BCUT2D eigenvalue weighted by Crippen LogP contribution is 2.15. The molecule has 25 heavy (non-hydrogen) atoms. The average molecular weight is 343 g/mol. The second kappa shape index (κ2) is 8.16. The largest absolute Gasteiger partial charge is 0.420 e. The second-order valence-electron chi connectivity index (χ2n) is 6.46. The Balaban J connectivity index is 1.58. The third-order valence-electron chi connectivity index (χ3n) is 4.63. The zero-order valence-corrected chi connectivity index (χ0v) is 14.5. The van der Waals surface area contributed by atoms with E-state index < -0.39 is 5.76 Å². The van der Waals surface area contributed by atoms with Gasteiger partial charge in [-0.25, -0.2) is 4.79 Å². The minimum atomic E-state index is -0.436. The van der Waals surface area contributed by atoms with Crippen LogP contribution in [0.15, 0.2) is 40.1 Å². The summed E-state index contributed by atoms with van der Waals surface area (Å²) in [6.07, 6.45) is 6.47. The zero-order valence-electron chi connectivity index (χ0n) is 14.5. The van der Waals surface area contributed by atoms with Gasteiger partial charge in [0.2, 0.25) is 0 Å². The van der Waals surface area contributed by atoms with Crippen molar-refractivity contribution in [1.82, 2.24) is 14.8 Å². The first-order valence-electron chi connectivity index (χ1n) is 8.94. The van der Waals surface area contributed by atoms with Crippen LogP contribution in [0, 0.1) is 0 Å². The minimum Gasteiger partial charge on any atom is -0.408 e. The number of hydrogen-bond acceptors (Lipinski definition) is 4. The van der Waals surface area contributed by atoms with Gasteiger partial charge in [-0.2, -0.15) is 0 Å². The highest BCUT2D eigenvalue weighted by Gasteiger charge is 2.13. The Morgan fingerprint density at radius 3 is 2.84 bits per heavy atom. The molecule has 3 rings (SSSR count). The van der Waals surface area contributed by atoms with Crippen molar-refractivity contribution >= 4 is 17.0 Å². The Morgan fingerprint density at radius 2 is 2.08 bits per heavy atom. The average Bonchev–Trinajstić information content (AvgIpc) is 2.95. The molecular weight excluding hydrogens is 318 g/mol. The van der Waals surface area contributed by atoms with E-state index in [9.17, 15) is 9.59 Å². The fourth-order valence-corrected chi connectivity index (χ4v) is 3.29. The van der Waals surface area contributed by atoms with Crippen LogP contribution in [-0.4, -0.2) is 41.6 Å². The van der Waals surface area contributed by atoms with Crippen LogP contribution >= 0.6 is 0 Å². The van der Waals surface area contributed by atoms with Crippen molar-refractivity contribution < 1.29 is 9.21 Å². The quantitative estimate of drug-likeness (QED) is 0.619. The summed E-state index contributed by atoms with van der Waals surface area (Å²) in [5.74, 6) is -0.562. The van der Waals surface area contributed by atoms with Crippen LogP contribution in [-0.2, 0) is 6.54 Å². The maximum absolute atomic E-state index is 12.4. The Morgan fingerprint density at radius 1 is 1.28 bits per heavy atom. The zero-order chi connectivity index (χ0) is 17.6. The van der Waals surface area contributed by atoms with Gasteiger partial charge >= 0.3 is 5.76 Å². The summed E-state index contributed by atoms with van der Waals surface area (Å²) < 4.78 is 6.64. The number of nitrogens with one attached hydrogen (secondary N) is 1. The molecule has 6 heteroatoms. The lowest BCUT2D eigenvalue weighted by Gasteiger charge is -2.26. The molecule has 1 aromatic carbocycles. The molecule has 1 N–H and O–H groups in total. The molecule has 0 bridgehead atoms. The summed E-state index contributed by atoms with van der Waals surface area (Å²) in [7, 11) is 0. The number of aromatic nitrogens is 1. The van der Waals surface area contributed by atoms with E-state index in [1.807, 2.05) is 0 Å². The smallest absolute Gasteiger partial charge is 0.408 e. The number of nitrogens with zero attached hydrogens (tertiary/aromatic N) is 2. The molecule has 0 radical (unpaired) electrons. The van der Waals surface area contributed by atoms with Crippen LogP contribution in [0.1, 0.15) is 36.0 Å². The molecule has 0 unspecified atom stereocenters. The van der Waals surface area contributed by atoms with Gasteiger partial charge in [-0.3, -0.25) is 9.36 Å². The summed E-state index contributed by atoms with van der Waals surface area (Å²) in [6, 6.07) is 5.05. The predicted molar refractivity (Wildman–Crippen MR) is 97.9 cm³/mol. The summed E-state index contributed by atoms with van der Waals surface area (Å²) in [5.41, 5.74) is 1.63.